The van der Waals surface area contributed by atoms with Gasteiger partial charge >= 0.3 is 0 Å². The third-order valence-corrected chi connectivity index (χ3v) is 4.91. The Morgan fingerprint density at radius 3 is 2.50 bits per heavy atom. The van der Waals surface area contributed by atoms with Crippen molar-refractivity contribution in [3.05, 3.63) is 34.9 Å². The van der Waals surface area contributed by atoms with Gasteiger partial charge in [0.05, 0.1) is 17.4 Å². The predicted molar refractivity (Wildman–Crippen MR) is 61.4 cm³/mol. The molecule has 2 unspecified atom stereocenters. The molecule has 86 valence electrons. The van der Waals surface area contributed by atoms with Crippen LogP contribution in [0.4, 0.5) is 8.78 Å². The molecule has 0 bridgehead atoms. The standard InChI is InChI=1S/C10H9F2NOS2/c1-15-10(16(2)14)7-4-8(11)6(5-13)3-9(7)12/h3-4,10H,1-2H3. The summed E-state index contributed by atoms with van der Waals surface area (Å²) in [5.74, 6) is -1.49. The summed E-state index contributed by atoms with van der Waals surface area (Å²) in [4.78, 5) is 0. The number of nitriles is 1. The lowest BCUT2D eigenvalue weighted by Crippen LogP contribution is -2.10. The molecule has 1 rings (SSSR count). The van der Waals surface area contributed by atoms with E-state index in [1.165, 1.54) is 18.0 Å². The van der Waals surface area contributed by atoms with Crippen LogP contribution in [0.1, 0.15) is 15.7 Å². The van der Waals surface area contributed by atoms with E-state index in [9.17, 15) is 13.3 Å². The number of benzene rings is 1. The summed E-state index contributed by atoms with van der Waals surface area (Å²) >= 11 is -0.130. The van der Waals surface area contributed by atoms with Gasteiger partial charge in [0.25, 0.3) is 0 Å². The van der Waals surface area contributed by atoms with Crippen LogP contribution in [-0.4, -0.2) is 17.1 Å². The highest BCUT2D eigenvalue weighted by atomic mass is 32.3. The molecule has 16 heavy (non-hydrogen) atoms. The highest BCUT2D eigenvalue weighted by Gasteiger charge is 2.25. The molecule has 6 heteroatoms. The second kappa shape index (κ2) is 5.53. The van der Waals surface area contributed by atoms with Gasteiger partial charge in [0, 0.05) is 0 Å². The Morgan fingerprint density at radius 2 is 2.06 bits per heavy atom. The van der Waals surface area contributed by atoms with E-state index in [2.05, 4.69) is 0 Å². The number of nitrogens with zero attached hydrogens (tertiary/aromatic N) is 1. The molecule has 0 saturated heterocycles. The molecule has 2 nitrogen and oxygen atoms in total. The molecule has 0 fully saturated rings. The molecule has 0 N–H and O–H groups in total. The van der Waals surface area contributed by atoms with Gasteiger partial charge in [0.1, 0.15) is 17.7 Å². The first-order valence-corrected chi connectivity index (χ1v) is 7.16. The molecule has 2 atom stereocenters. The highest BCUT2D eigenvalue weighted by Crippen LogP contribution is 2.34. The summed E-state index contributed by atoms with van der Waals surface area (Å²) in [5.41, 5.74) is -0.312. The van der Waals surface area contributed by atoms with Gasteiger partial charge in [-0.3, -0.25) is 0 Å². The molecule has 1 aromatic carbocycles. The maximum atomic E-state index is 13.5. The Hall–Kier alpha value is -0.770. The summed E-state index contributed by atoms with van der Waals surface area (Å²) < 4.78 is 37.5. The van der Waals surface area contributed by atoms with Crippen molar-refractivity contribution in [3.63, 3.8) is 0 Å². The Balaban J connectivity index is 3.25. The quantitative estimate of drug-likeness (QED) is 0.786. The third kappa shape index (κ3) is 2.67. The van der Waals surface area contributed by atoms with Gasteiger partial charge in [-0.25, -0.2) is 8.78 Å². The maximum absolute atomic E-state index is 13.5. The van der Waals surface area contributed by atoms with E-state index in [0.29, 0.717) is 0 Å². The Bertz CT molecular complexity index is 432. The Kier molecular flexibility index (Phi) is 4.59. The number of hydrogen-bond donors (Lipinski definition) is 0. The van der Waals surface area contributed by atoms with Gasteiger partial charge in [0.15, 0.2) is 4.58 Å². The molecule has 0 aliphatic carbocycles. The first kappa shape index (κ1) is 13.3. The lowest BCUT2D eigenvalue weighted by atomic mass is 10.1. The van der Waals surface area contributed by atoms with Crippen molar-refractivity contribution in [1.82, 2.24) is 0 Å². The van der Waals surface area contributed by atoms with Crippen molar-refractivity contribution < 1.29 is 13.3 Å². The summed E-state index contributed by atoms with van der Waals surface area (Å²) in [7, 11) is 0. The normalized spacial score (nSPS) is 14.2. The average Bonchev–Trinajstić information content (AvgIpc) is 2.23. The zero-order chi connectivity index (χ0) is 12.3. The van der Waals surface area contributed by atoms with E-state index in [4.69, 9.17) is 5.26 Å². The molecular formula is C10H9F2NOS2. The highest BCUT2D eigenvalue weighted by molar-refractivity contribution is 8.12. The number of rotatable bonds is 3. The SMILES string of the molecule is CSC(c1cc(F)c(C#N)cc1F)[S+](C)[O-]. The van der Waals surface area contributed by atoms with Crippen molar-refractivity contribution in [3.8, 4) is 6.07 Å². The summed E-state index contributed by atoms with van der Waals surface area (Å²) in [6.45, 7) is 0. The van der Waals surface area contributed by atoms with Crippen LogP contribution in [0.3, 0.4) is 0 Å². The van der Waals surface area contributed by atoms with Crippen LogP contribution in [-0.2, 0) is 11.2 Å². The third-order valence-electron chi connectivity index (χ3n) is 1.98. The largest absolute Gasteiger partial charge is 0.615 e. The van der Waals surface area contributed by atoms with E-state index in [0.717, 1.165) is 12.1 Å². The van der Waals surface area contributed by atoms with Gasteiger partial charge in [-0.1, -0.05) is 0 Å². The molecular weight excluding hydrogens is 252 g/mol. The van der Waals surface area contributed by atoms with Crippen LogP contribution in [0.2, 0.25) is 0 Å². The molecule has 1 aromatic rings. The van der Waals surface area contributed by atoms with E-state index in [1.54, 1.807) is 12.3 Å². The van der Waals surface area contributed by atoms with Crippen LogP contribution >= 0.6 is 11.8 Å². The van der Waals surface area contributed by atoms with Crippen LogP contribution in [0.25, 0.3) is 0 Å². The van der Waals surface area contributed by atoms with Crippen LogP contribution in [0, 0.1) is 23.0 Å². The molecule has 0 aliphatic heterocycles. The van der Waals surface area contributed by atoms with E-state index < -0.39 is 27.4 Å². The van der Waals surface area contributed by atoms with Gasteiger partial charge in [-0.15, -0.1) is 11.8 Å². The van der Waals surface area contributed by atoms with E-state index in [-0.39, 0.29) is 11.1 Å². The van der Waals surface area contributed by atoms with E-state index in [1.807, 2.05) is 0 Å². The Morgan fingerprint density at radius 1 is 1.44 bits per heavy atom. The minimum atomic E-state index is -1.31. The average molecular weight is 261 g/mol. The molecule has 0 heterocycles. The van der Waals surface area contributed by atoms with Crippen LogP contribution < -0.4 is 0 Å². The first-order chi connectivity index (χ1) is 7.51. The van der Waals surface area contributed by atoms with Crippen LogP contribution in [0.15, 0.2) is 12.1 Å². The topological polar surface area (TPSA) is 46.8 Å². The van der Waals surface area contributed by atoms with Crippen LogP contribution in [0.5, 0.6) is 0 Å². The van der Waals surface area contributed by atoms with Crippen molar-refractivity contribution in [2.45, 2.75) is 4.58 Å². The first-order valence-electron chi connectivity index (χ1n) is 4.25. The number of hydrogen-bond acceptors (Lipinski definition) is 3. The second-order valence-corrected chi connectivity index (χ2v) is 5.74. The molecule has 0 radical (unpaired) electrons. The summed E-state index contributed by atoms with van der Waals surface area (Å²) in [6, 6.07) is 3.33. The van der Waals surface area contributed by atoms with Crippen molar-refractivity contribution in [2.75, 3.05) is 12.5 Å². The Labute approximate surface area is 99.8 Å². The number of thioether (sulfide) groups is 1. The van der Waals surface area contributed by atoms with Gasteiger partial charge in [-0.05, 0) is 29.6 Å². The zero-order valence-corrected chi connectivity index (χ0v) is 10.3. The second-order valence-electron chi connectivity index (χ2n) is 3.03. The van der Waals surface area contributed by atoms with Crippen molar-refractivity contribution in [2.24, 2.45) is 0 Å². The number of halogens is 2. The molecule has 0 spiro atoms. The lowest BCUT2D eigenvalue weighted by Gasteiger charge is -2.17. The zero-order valence-electron chi connectivity index (χ0n) is 8.66. The fourth-order valence-electron chi connectivity index (χ4n) is 1.27. The minimum absolute atomic E-state index is 0.0323. The van der Waals surface area contributed by atoms with E-state index >= 15 is 0 Å². The predicted octanol–water partition coefficient (Wildman–Crippen LogP) is 2.58. The molecule has 0 amide bonds. The van der Waals surface area contributed by atoms with Gasteiger partial charge in [0.2, 0.25) is 0 Å². The van der Waals surface area contributed by atoms with Crippen molar-refractivity contribution in [1.29, 1.82) is 5.26 Å². The van der Waals surface area contributed by atoms with Gasteiger partial charge in [-0.2, -0.15) is 5.26 Å². The summed E-state index contributed by atoms with van der Waals surface area (Å²) in [5, 5.41) is 8.52. The minimum Gasteiger partial charge on any atom is -0.615 e. The molecule has 0 aromatic heterocycles. The summed E-state index contributed by atoms with van der Waals surface area (Å²) in [6.07, 6.45) is 3.10. The monoisotopic (exact) mass is 261 g/mol. The molecule has 0 aliphatic rings. The maximum Gasteiger partial charge on any atom is 0.188 e. The molecule has 0 saturated carbocycles. The smallest absolute Gasteiger partial charge is 0.188 e. The fraction of sp³-hybridized carbons (Fsp3) is 0.300. The van der Waals surface area contributed by atoms with Gasteiger partial charge < -0.3 is 4.55 Å². The van der Waals surface area contributed by atoms with Crippen molar-refractivity contribution >= 4 is 22.9 Å². The fourth-order valence-corrected chi connectivity index (χ4v) is 3.33. The lowest BCUT2D eigenvalue weighted by molar-refractivity contribution is 0.578.